The van der Waals surface area contributed by atoms with Crippen LogP contribution in [0.15, 0.2) is 0 Å². The lowest BCUT2D eigenvalue weighted by molar-refractivity contribution is -0.317. The fourth-order valence-corrected chi connectivity index (χ4v) is 0.892. The predicted octanol–water partition coefficient (Wildman–Crippen LogP) is -3.26. The van der Waals surface area contributed by atoms with Crippen molar-refractivity contribution >= 4 is 15.7 Å². The van der Waals surface area contributed by atoms with Gasteiger partial charge in [0, 0.05) is 6.42 Å². The summed E-state index contributed by atoms with van der Waals surface area (Å²) in [6, 6.07) is 0. The largest absolute Gasteiger partial charge is 0.380 e. The minimum atomic E-state index is -3.28. The highest BCUT2D eigenvalue weighted by atomic mass is 16.6. The average molecular weight is 196 g/mol. The molecular formula is C7H10B2O5. The van der Waals surface area contributed by atoms with E-state index >= 15 is 0 Å². The lowest BCUT2D eigenvalue weighted by Gasteiger charge is -2.45. The van der Waals surface area contributed by atoms with Gasteiger partial charge >= 0.3 is 0 Å². The van der Waals surface area contributed by atoms with Crippen LogP contribution in [-0.4, -0.2) is 58.2 Å². The molecule has 0 aliphatic heterocycles. The first-order chi connectivity index (χ1) is 6.06. The van der Waals surface area contributed by atoms with E-state index in [1.807, 2.05) is 0 Å². The maximum absolute atomic E-state index is 9.47. The first kappa shape index (κ1) is 13.5. The van der Waals surface area contributed by atoms with Crippen LogP contribution in [0.3, 0.4) is 0 Å². The second kappa shape index (κ2) is 3.93. The summed E-state index contributed by atoms with van der Waals surface area (Å²) in [5.41, 5.74) is -9.49. The maximum atomic E-state index is 9.47. The molecule has 0 unspecified atom stereocenters. The molecule has 0 aromatic heterocycles. The number of hydrogen-bond donors (Lipinski definition) is 5. The van der Waals surface area contributed by atoms with Crippen LogP contribution in [0.4, 0.5) is 0 Å². The van der Waals surface area contributed by atoms with Crippen LogP contribution in [0.5, 0.6) is 0 Å². The Morgan fingerprint density at radius 2 is 1.36 bits per heavy atom. The highest BCUT2D eigenvalue weighted by Gasteiger charge is 2.54. The smallest absolute Gasteiger partial charge is 0.158 e. The SMILES string of the molecule is [B]C(O)(O)C(O)(CCC#C)C([B])(O)O. The fourth-order valence-electron chi connectivity index (χ4n) is 0.892. The summed E-state index contributed by atoms with van der Waals surface area (Å²) < 4.78 is 0. The molecule has 0 aromatic carbocycles. The third-order valence-electron chi connectivity index (χ3n) is 1.85. The van der Waals surface area contributed by atoms with E-state index in [0.717, 1.165) is 0 Å². The summed E-state index contributed by atoms with van der Waals surface area (Å²) in [6.45, 7) is 0. The molecule has 0 aliphatic carbocycles. The molecule has 0 spiro atoms. The molecule has 14 heavy (non-hydrogen) atoms. The van der Waals surface area contributed by atoms with Crippen LogP contribution in [-0.2, 0) is 0 Å². The molecule has 0 fully saturated rings. The lowest BCUT2D eigenvalue weighted by Crippen LogP contribution is -2.68. The standard InChI is InChI=1S/C7H10B2O5/c1-2-3-4-5(10,6(8,11)12)7(9,13)14/h1,10-14H,3-4H2. The molecule has 4 radical (unpaired) electrons. The normalized spacial score (nSPS) is 13.7. The van der Waals surface area contributed by atoms with Gasteiger partial charge < -0.3 is 25.5 Å². The van der Waals surface area contributed by atoms with E-state index in [1.165, 1.54) is 0 Å². The van der Waals surface area contributed by atoms with Crippen molar-refractivity contribution in [1.82, 2.24) is 0 Å². The summed E-state index contributed by atoms with van der Waals surface area (Å²) in [4.78, 5) is 0. The van der Waals surface area contributed by atoms with Crippen molar-refractivity contribution in [3.05, 3.63) is 0 Å². The van der Waals surface area contributed by atoms with Gasteiger partial charge in [0.2, 0.25) is 0 Å². The molecule has 0 saturated carbocycles. The highest BCUT2D eigenvalue weighted by Crippen LogP contribution is 2.30. The van der Waals surface area contributed by atoms with Crippen molar-refractivity contribution in [1.29, 1.82) is 0 Å². The molecule has 0 aromatic rings. The number of hydrogen-bond acceptors (Lipinski definition) is 5. The summed E-state index contributed by atoms with van der Waals surface area (Å²) in [5.74, 6) is 2.05. The van der Waals surface area contributed by atoms with Gasteiger partial charge in [-0.3, -0.25) is 0 Å². The molecule has 74 valence electrons. The highest BCUT2D eigenvalue weighted by molar-refractivity contribution is 6.18. The lowest BCUT2D eigenvalue weighted by atomic mass is 9.64. The molecule has 0 rings (SSSR count). The van der Waals surface area contributed by atoms with Crippen LogP contribution in [0.2, 0.25) is 0 Å². The molecule has 0 amide bonds. The van der Waals surface area contributed by atoms with Crippen LogP contribution >= 0.6 is 0 Å². The Bertz CT molecular complexity index is 220. The van der Waals surface area contributed by atoms with E-state index in [0.29, 0.717) is 0 Å². The van der Waals surface area contributed by atoms with Gasteiger partial charge in [-0.15, -0.1) is 12.3 Å². The summed E-state index contributed by atoms with van der Waals surface area (Å²) in [5, 5.41) is 45.1. The molecule has 7 heteroatoms. The Balaban J connectivity index is 4.99. The first-order valence-electron chi connectivity index (χ1n) is 3.69. The van der Waals surface area contributed by atoms with Gasteiger partial charge in [-0.1, -0.05) is 0 Å². The van der Waals surface area contributed by atoms with Crippen LogP contribution in [0.25, 0.3) is 0 Å². The van der Waals surface area contributed by atoms with Crippen molar-refractivity contribution in [3.63, 3.8) is 0 Å². The van der Waals surface area contributed by atoms with E-state index < -0.39 is 23.4 Å². The second-order valence-corrected chi connectivity index (χ2v) is 3.02. The van der Waals surface area contributed by atoms with Crippen molar-refractivity contribution in [2.45, 2.75) is 29.8 Å². The summed E-state index contributed by atoms with van der Waals surface area (Å²) >= 11 is 0. The molecule has 0 aliphatic rings. The van der Waals surface area contributed by atoms with Crippen molar-refractivity contribution in [2.75, 3.05) is 0 Å². The number of rotatable bonds is 4. The zero-order chi connectivity index (χ0) is 11.6. The number of aliphatic hydroxyl groups is 5. The van der Waals surface area contributed by atoms with Crippen molar-refractivity contribution in [3.8, 4) is 12.3 Å². The fraction of sp³-hybridized carbons (Fsp3) is 0.714. The van der Waals surface area contributed by atoms with E-state index in [4.69, 9.17) is 42.5 Å². The monoisotopic (exact) mass is 196 g/mol. The third kappa shape index (κ3) is 2.50. The topological polar surface area (TPSA) is 101 Å². The van der Waals surface area contributed by atoms with Gasteiger partial charge in [0.05, 0.1) is 0 Å². The Labute approximate surface area is 84.2 Å². The van der Waals surface area contributed by atoms with E-state index in [9.17, 15) is 5.11 Å². The molecule has 0 heterocycles. The van der Waals surface area contributed by atoms with Gasteiger partial charge in [-0.2, -0.15) is 0 Å². The van der Waals surface area contributed by atoms with Crippen molar-refractivity contribution in [2.24, 2.45) is 0 Å². The predicted molar refractivity (Wildman–Crippen MR) is 48.9 cm³/mol. The van der Waals surface area contributed by atoms with Crippen LogP contribution in [0, 0.1) is 12.3 Å². The maximum Gasteiger partial charge on any atom is 0.158 e. The Morgan fingerprint density at radius 1 is 1.00 bits per heavy atom. The van der Waals surface area contributed by atoms with Gasteiger partial charge in [-0.05, 0) is 6.42 Å². The Kier molecular flexibility index (Phi) is 3.78. The third-order valence-corrected chi connectivity index (χ3v) is 1.85. The zero-order valence-electron chi connectivity index (χ0n) is 7.38. The summed E-state index contributed by atoms with van der Waals surface area (Å²) in [7, 11) is 9.47. The molecular weight excluding hydrogens is 186 g/mol. The van der Waals surface area contributed by atoms with Gasteiger partial charge in [0.15, 0.2) is 21.3 Å². The van der Waals surface area contributed by atoms with Gasteiger partial charge in [-0.25, -0.2) is 0 Å². The van der Waals surface area contributed by atoms with Crippen LogP contribution in [0.1, 0.15) is 12.8 Å². The molecule has 5 N–H and O–H groups in total. The van der Waals surface area contributed by atoms with Crippen molar-refractivity contribution < 1.29 is 25.5 Å². The molecule has 0 bridgehead atoms. The van der Waals surface area contributed by atoms with E-state index in [-0.39, 0.29) is 6.42 Å². The quantitative estimate of drug-likeness (QED) is 0.184. The van der Waals surface area contributed by atoms with Gasteiger partial charge in [0.1, 0.15) is 11.4 Å². The van der Waals surface area contributed by atoms with E-state index in [1.54, 1.807) is 0 Å². The van der Waals surface area contributed by atoms with Gasteiger partial charge in [0.25, 0.3) is 0 Å². The second-order valence-electron chi connectivity index (χ2n) is 3.02. The minimum absolute atomic E-state index is 0.170. The Hall–Kier alpha value is -0.510. The minimum Gasteiger partial charge on any atom is -0.380 e. The molecule has 5 nitrogen and oxygen atoms in total. The first-order valence-corrected chi connectivity index (χ1v) is 3.69. The zero-order valence-corrected chi connectivity index (χ0v) is 7.38. The van der Waals surface area contributed by atoms with Crippen LogP contribution < -0.4 is 0 Å². The summed E-state index contributed by atoms with van der Waals surface area (Å²) in [6.07, 6.45) is 4.10. The molecule has 0 saturated heterocycles. The Morgan fingerprint density at radius 3 is 1.57 bits per heavy atom. The number of terminal acetylenes is 1. The molecule has 0 atom stereocenters. The average Bonchev–Trinajstić information content (AvgIpc) is 1.95. The van der Waals surface area contributed by atoms with E-state index in [2.05, 4.69) is 5.92 Å².